The van der Waals surface area contributed by atoms with Gasteiger partial charge in [0.2, 0.25) is 5.82 Å². The summed E-state index contributed by atoms with van der Waals surface area (Å²) in [6.45, 7) is 2.04. The van der Waals surface area contributed by atoms with E-state index in [2.05, 4.69) is 47.1 Å². The maximum atomic E-state index is 5.08. The van der Waals surface area contributed by atoms with Crippen molar-refractivity contribution in [1.29, 1.82) is 0 Å². The molecule has 1 aliphatic carbocycles. The Bertz CT molecular complexity index is 1330. The molecule has 9 nitrogen and oxygen atoms in total. The van der Waals surface area contributed by atoms with Gasteiger partial charge in [-0.25, -0.2) is 4.98 Å². The van der Waals surface area contributed by atoms with Gasteiger partial charge in [-0.3, -0.25) is 10.2 Å². The summed E-state index contributed by atoms with van der Waals surface area (Å²) in [6, 6.07) is 4.08. The van der Waals surface area contributed by atoms with Crippen molar-refractivity contribution in [3.8, 4) is 22.8 Å². The molecule has 9 heteroatoms. The molecular formula is C19H17N9. The maximum Gasteiger partial charge on any atom is 0.225 e. The highest BCUT2D eigenvalue weighted by Gasteiger charge is 2.24. The average Bonchev–Trinajstić information content (AvgIpc) is 3.47. The Morgan fingerprint density at radius 1 is 0.929 bits per heavy atom. The van der Waals surface area contributed by atoms with Crippen molar-refractivity contribution in [3.05, 3.63) is 35.2 Å². The van der Waals surface area contributed by atoms with Crippen molar-refractivity contribution in [1.82, 2.24) is 46.0 Å². The number of aromatic nitrogens is 9. The lowest BCUT2D eigenvalue weighted by molar-refractivity contribution is 0.689. The summed E-state index contributed by atoms with van der Waals surface area (Å²) in [4.78, 5) is 5.08. The summed E-state index contributed by atoms with van der Waals surface area (Å²) >= 11 is 0. The van der Waals surface area contributed by atoms with Crippen LogP contribution in [0.3, 0.4) is 0 Å². The van der Waals surface area contributed by atoms with Crippen LogP contribution >= 0.6 is 0 Å². The minimum Gasteiger partial charge on any atom is -0.282 e. The molecule has 0 saturated heterocycles. The van der Waals surface area contributed by atoms with Gasteiger partial charge in [-0.2, -0.15) is 15.4 Å². The van der Waals surface area contributed by atoms with Gasteiger partial charge in [-0.05, 0) is 61.1 Å². The Balaban J connectivity index is 1.76. The number of tetrazole rings is 1. The second-order valence-corrected chi connectivity index (χ2v) is 7.22. The van der Waals surface area contributed by atoms with E-state index in [-0.39, 0.29) is 0 Å². The average molecular weight is 371 g/mol. The first kappa shape index (κ1) is 15.4. The third-order valence-electron chi connectivity index (χ3n) is 5.64. The molecule has 3 N–H and O–H groups in total. The molecule has 1 aliphatic rings. The molecule has 4 heterocycles. The monoisotopic (exact) mass is 371 g/mol. The fourth-order valence-electron chi connectivity index (χ4n) is 4.37. The van der Waals surface area contributed by atoms with E-state index in [0.717, 1.165) is 51.6 Å². The van der Waals surface area contributed by atoms with Gasteiger partial charge in [0, 0.05) is 22.0 Å². The topological polar surface area (TPSA) is 125 Å². The van der Waals surface area contributed by atoms with Gasteiger partial charge in [0.25, 0.3) is 0 Å². The highest BCUT2D eigenvalue weighted by molar-refractivity contribution is 6.13. The van der Waals surface area contributed by atoms with E-state index < -0.39 is 0 Å². The SMILES string of the molecule is Cc1[nH]ncc1-c1nc2ccc3[nH]nc(-c4nn[nH]n4)c3c2c2c1CCCC2. The van der Waals surface area contributed by atoms with Crippen molar-refractivity contribution in [3.63, 3.8) is 0 Å². The van der Waals surface area contributed by atoms with E-state index in [9.17, 15) is 0 Å². The molecule has 0 radical (unpaired) electrons. The van der Waals surface area contributed by atoms with E-state index in [1.807, 2.05) is 19.2 Å². The Labute approximate surface area is 159 Å². The summed E-state index contributed by atoms with van der Waals surface area (Å²) in [5, 5.41) is 31.5. The van der Waals surface area contributed by atoms with Gasteiger partial charge < -0.3 is 0 Å². The van der Waals surface area contributed by atoms with Gasteiger partial charge in [-0.1, -0.05) is 0 Å². The van der Waals surface area contributed by atoms with Crippen LogP contribution in [0.1, 0.15) is 29.7 Å². The van der Waals surface area contributed by atoms with E-state index in [1.165, 1.54) is 24.0 Å². The lowest BCUT2D eigenvalue weighted by Gasteiger charge is -2.21. The quantitative estimate of drug-likeness (QED) is 0.438. The van der Waals surface area contributed by atoms with Crippen LogP contribution in [-0.4, -0.2) is 46.0 Å². The van der Waals surface area contributed by atoms with E-state index in [0.29, 0.717) is 11.5 Å². The molecule has 0 aliphatic heterocycles. The van der Waals surface area contributed by atoms with Gasteiger partial charge in [0.1, 0.15) is 5.69 Å². The first-order valence-corrected chi connectivity index (χ1v) is 9.38. The van der Waals surface area contributed by atoms with Crippen molar-refractivity contribution in [2.75, 3.05) is 0 Å². The van der Waals surface area contributed by atoms with Crippen LogP contribution < -0.4 is 0 Å². The van der Waals surface area contributed by atoms with Crippen LogP contribution in [0.5, 0.6) is 0 Å². The summed E-state index contributed by atoms with van der Waals surface area (Å²) in [5.41, 5.74) is 8.43. The number of H-pyrrole nitrogens is 3. The molecule has 0 bridgehead atoms. The zero-order valence-electron chi connectivity index (χ0n) is 15.2. The van der Waals surface area contributed by atoms with Crippen molar-refractivity contribution in [2.45, 2.75) is 32.6 Å². The summed E-state index contributed by atoms with van der Waals surface area (Å²) in [7, 11) is 0. The number of nitrogens with one attached hydrogen (secondary N) is 3. The van der Waals surface area contributed by atoms with Crippen molar-refractivity contribution in [2.24, 2.45) is 0 Å². The predicted octanol–water partition coefficient (Wildman–Crippen LogP) is 2.87. The highest BCUT2D eigenvalue weighted by Crippen LogP contribution is 2.40. The standard InChI is InChI=1S/C19H17N9/c1-9-12(8-20-22-9)17-11-5-3-2-4-10(11)15-13(21-17)6-7-14-16(15)18(24-23-14)19-25-27-28-26-19/h6-8H,2-5H2,1H3,(H,20,22)(H,23,24)(H,25,26,27,28). The second-order valence-electron chi connectivity index (χ2n) is 7.22. The van der Waals surface area contributed by atoms with Crippen LogP contribution in [0.15, 0.2) is 18.3 Å². The molecule has 0 atom stereocenters. The molecular weight excluding hydrogens is 354 g/mol. The van der Waals surface area contributed by atoms with Crippen molar-refractivity contribution < 1.29 is 0 Å². The molecule has 5 aromatic rings. The Morgan fingerprint density at radius 2 is 1.82 bits per heavy atom. The van der Waals surface area contributed by atoms with Gasteiger partial charge in [0.05, 0.1) is 22.9 Å². The molecule has 1 aromatic carbocycles. The number of aromatic amines is 3. The summed E-state index contributed by atoms with van der Waals surface area (Å²) in [6.07, 6.45) is 6.25. The number of aryl methyl sites for hydroxylation is 2. The summed E-state index contributed by atoms with van der Waals surface area (Å²) < 4.78 is 0. The number of rotatable bonds is 2. The highest BCUT2D eigenvalue weighted by atomic mass is 15.5. The van der Waals surface area contributed by atoms with Gasteiger partial charge in [0.15, 0.2) is 0 Å². The normalized spacial score (nSPS) is 14.0. The lowest BCUT2D eigenvalue weighted by Crippen LogP contribution is -2.08. The number of hydrogen-bond donors (Lipinski definition) is 3. The number of pyridine rings is 1. The smallest absolute Gasteiger partial charge is 0.225 e. The zero-order chi connectivity index (χ0) is 18.7. The molecule has 0 spiro atoms. The Kier molecular flexibility index (Phi) is 3.14. The first-order valence-electron chi connectivity index (χ1n) is 9.38. The number of hydrogen-bond acceptors (Lipinski definition) is 6. The third-order valence-corrected chi connectivity index (χ3v) is 5.64. The molecule has 138 valence electrons. The van der Waals surface area contributed by atoms with Crippen molar-refractivity contribution >= 4 is 21.8 Å². The zero-order valence-corrected chi connectivity index (χ0v) is 15.2. The van der Waals surface area contributed by atoms with Crippen LogP contribution in [0.4, 0.5) is 0 Å². The van der Waals surface area contributed by atoms with E-state index >= 15 is 0 Å². The van der Waals surface area contributed by atoms with Gasteiger partial charge in [-0.15, -0.1) is 10.2 Å². The van der Waals surface area contributed by atoms with E-state index in [4.69, 9.17) is 4.98 Å². The van der Waals surface area contributed by atoms with Crippen LogP contribution in [-0.2, 0) is 12.8 Å². The first-order chi connectivity index (χ1) is 13.8. The van der Waals surface area contributed by atoms with E-state index in [1.54, 1.807) is 0 Å². The maximum absolute atomic E-state index is 5.08. The number of benzene rings is 1. The molecule has 0 unspecified atom stereocenters. The molecule has 0 saturated carbocycles. The minimum atomic E-state index is 0.484. The fourth-order valence-corrected chi connectivity index (χ4v) is 4.37. The minimum absolute atomic E-state index is 0.484. The van der Waals surface area contributed by atoms with Crippen LogP contribution in [0.25, 0.3) is 44.6 Å². The largest absolute Gasteiger partial charge is 0.282 e. The Morgan fingerprint density at radius 3 is 2.61 bits per heavy atom. The molecule has 0 fully saturated rings. The predicted molar refractivity (Wildman–Crippen MR) is 104 cm³/mol. The lowest BCUT2D eigenvalue weighted by atomic mass is 9.85. The molecule has 28 heavy (non-hydrogen) atoms. The van der Waals surface area contributed by atoms with Gasteiger partial charge >= 0.3 is 0 Å². The third kappa shape index (κ3) is 2.07. The number of fused-ring (bicyclic) bond motifs is 5. The number of nitrogens with zero attached hydrogens (tertiary/aromatic N) is 6. The molecule has 4 aromatic heterocycles. The second kappa shape index (κ2) is 5.69. The molecule has 0 amide bonds. The summed E-state index contributed by atoms with van der Waals surface area (Å²) in [5.74, 6) is 0.484. The van der Waals surface area contributed by atoms with Crippen LogP contribution in [0.2, 0.25) is 0 Å². The van der Waals surface area contributed by atoms with Crippen LogP contribution in [0, 0.1) is 6.92 Å². The fraction of sp³-hybridized carbons (Fsp3) is 0.263. The molecule has 6 rings (SSSR count). The Hall–Kier alpha value is -3.62.